The summed E-state index contributed by atoms with van der Waals surface area (Å²) in [5.74, 6) is -4.15. The molecule has 0 aliphatic heterocycles. The lowest BCUT2D eigenvalue weighted by molar-refractivity contribution is -0.326. The first-order valence-electron chi connectivity index (χ1n) is 6.90. The van der Waals surface area contributed by atoms with Crippen LogP contribution in [0, 0.1) is 11.3 Å². The maximum atomic E-state index is 14.7. The standard InChI is InChI=1S/C15H7F10NO/c16-9-8(6-26)10(17)13(19,15(23,24)25)11(12(9,18)14(20,21)22)27-7-4-2-1-3-5-7/h1-5,9,11H. The Morgan fingerprint density at radius 3 is 1.89 bits per heavy atom. The first-order valence-corrected chi connectivity index (χ1v) is 6.90. The van der Waals surface area contributed by atoms with Gasteiger partial charge >= 0.3 is 12.4 Å². The zero-order chi connectivity index (χ0) is 20.8. The molecular weight excluding hydrogens is 400 g/mol. The lowest BCUT2D eigenvalue weighted by Gasteiger charge is -2.46. The van der Waals surface area contributed by atoms with Crippen molar-refractivity contribution in [2.45, 2.75) is 36.0 Å². The van der Waals surface area contributed by atoms with Gasteiger partial charge in [0.05, 0.1) is 0 Å². The molecule has 0 saturated carbocycles. The second-order valence-corrected chi connectivity index (χ2v) is 5.49. The number of nitriles is 1. The highest BCUT2D eigenvalue weighted by atomic mass is 19.4. The van der Waals surface area contributed by atoms with Gasteiger partial charge < -0.3 is 4.74 Å². The van der Waals surface area contributed by atoms with Crippen molar-refractivity contribution in [1.82, 2.24) is 0 Å². The number of hydrogen-bond acceptors (Lipinski definition) is 2. The molecule has 1 aromatic carbocycles. The SMILES string of the molecule is N#CC1=C(F)C(F)(C(F)(F)F)C(Oc2ccccc2)C(F)(C(F)(F)F)C1F. The Labute approximate surface area is 144 Å². The highest BCUT2D eigenvalue weighted by Gasteiger charge is 2.83. The third-order valence-electron chi connectivity index (χ3n) is 3.89. The highest BCUT2D eigenvalue weighted by Crippen LogP contribution is 2.58. The van der Waals surface area contributed by atoms with Crippen LogP contribution in [0.5, 0.6) is 5.75 Å². The van der Waals surface area contributed by atoms with Crippen LogP contribution in [0.2, 0.25) is 0 Å². The molecule has 27 heavy (non-hydrogen) atoms. The molecule has 0 aromatic heterocycles. The van der Waals surface area contributed by atoms with Gasteiger partial charge in [-0.05, 0) is 12.1 Å². The Balaban J connectivity index is 2.85. The van der Waals surface area contributed by atoms with Crippen molar-refractivity contribution < 1.29 is 48.6 Å². The molecule has 148 valence electrons. The van der Waals surface area contributed by atoms with Gasteiger partial charge in [-0.25, -0.2) is 17.6 Å². The molecule has 0 radical (unpaired) electrons. The van der Waals surface area contributed by atoms with E-state index in [2.05, 4.69) is 4.74 Å². The zero-order valence-electron chi connectivity index (χ0n) is 12.7. The van der Waals surface area contributed by atoms with Gasteiger partial charge in [-0.2, -0.15) is 31.6 Å². The van der Waals surface area contributed by atoms with Crippen LogP contribution in [0.3, 0.4) is 0 Å². The summed E-state index contributed by atoms with van der Waals surface area (Å²) in [5, 5.41) is 8.51. The van der Waals surface area contributed by atoms with E-state index in [0.717, 1.165) is 24.3 Å². The van der Waals surface area contributed by atoms with E-state index in [1.165, 1.54) is 6.07 Å². The maximum absolute atomic E-state index is 14.7. The van der Waals surface area contributed by atoms with E-state index in [4.69, 9.17) is 5.26 Å². The van der Waals surface area contributed by atoms with E-state index >= 15 is 0 Å². The maximum Gasteiger partial charge on any atom is 0.433 e. The smallest absolute Gasteiger partial charge is 0.433 e. The number of allylic oxidation sites excluding steroid dienone is 1. The Morgan fingerprint density at radius 1 is 0.963 bits per heavy atom. The van der Waals surface area contributed by atoms with Gasteiger partial charge in [-0.3, -0.25) is 0 Å². The lowest BCUT2D eigenvalue weighted by Crippen LogP contribution is -2.73. The van der Waals surface area contributed by atoms with E-state index in [9.17, 15) is 43.9 Å². The van der Waals surface area contributed by atoms with Crippen LogP contribution >= 0.6 is 0 Å². The number of alkyl halides is 9. The Hall–Kier alpha value is -2.45. The van der Waals surface area contributed by atoms with Crippen LogP contribution in [0.25, 0.3) is 0 Å². The van der Waals surface area contributed by atoms with Gasteiger partial charge in [0.25, 0.3) is 11.3 Å². The number of benzene rings is 1. The largest absolute Gasteiger partial charge is 0.482 e. The van der Waals surface area contributed by atoms with E-state index < -0.39 is 53.1 Å². The average molecular weight is 407 g/mol. The summed E-state index contributed by atoms with van der Waals surface area (Å²) in [6, 6.07) is 5.07. The minimum Gasteiger partial charge on any atom is -0.482 e. The van der Waals surface area contributed by atoms with Crippen molar-refractivity contribution >= 4 is 0 Å². The van der Waals surface area contributed by atoms with Crippen LogP contribution in [-0.4, -0.2) is 36.0 Å². The minimum atomic E-state index is -6.51. The Bertz CT molecular complexity index is 781. The zero-order valence-corrected chi connectivity index (χ0v) is 12.7. The van der Waals surface area contributed by atoms with Gasteiger partial charge in [0.15, 0.2) is 18.1 Å². The van der Waals surface area contributed by atoms with E-state index in [1.807, 2.05) is 0 Å². The fourth-order valence-electron chi connectivity index (χ4n) is 2.53. The summed E-state index contributed by atoms with van der Waals surface area (Å²) in [5.41, 5.74) is -14.1. The molecular formula is C15H7F10NO. The molecule has 0 bridgehead atoms. The number of nitrogens with zero attached hydrogens (tertiary/aromatic N) is 1. The van der Waals surface area contributed by atoms with Gasteiger partial charge in [0.1, 0.15) is 17.4 Å². The molecule has 2 nitrogen and oxygen atoms in total. The second-order valence-electron chi connectivity index (χ2n) is 5.49. The van der Waals surface area contributed by atoms with Gasteiger partial charge in [-0.15, -0.1) is 0 Å². The number of para-hydroxylation sites is 1. The Morgan fingerprint density at radius 2 is 1.48 bits per heavy atom. The molecule has 12 heteroatoms. The average Bonchev–Trinajstić information content (AvgIpc) is 2.56. The van der Waals surface area contributed by atoms with Crippen molar-refractivity contribution in [2.24, 2.45) is 0 Å². The molecule has 0 saturated heterocycles. The van der Waals surface area contributed by atoms with Crippen molar-refractivity contribution in [3.8, 4) is 11.8 Å². The molecule has 0 N–H and O–H groups in total. The van der Waals surface area contributed by atoms with Gasteiger partial charge in [0, 0.05) is 0 Å². The first-order chi connectivity index (χ1) is 12.2. The normalized spacial score (nSPS) is 32.2. The van der Waals surface area contributed by atoms with Gasteiger partial charge in [0.2, 0.25) is 0 Å². The van der Waals surface area contributed by atoms with Crippen molar-refractivity contribution in [3.63, 3.8) is 0 Å². The molecule has 0 fully saturated rings. The molecule has 2 rings (SSSR count). The van der Waals surface area contributed by atoms with E-state index in [0.29, 0.717) is 6.07 Å². The number of ether oxygens (including phenoxy) is 1. The summed E-state index contributed by atoms with van der Waals surface area (Å²) in [6.07, 6.45) is -21.7. The summed E-state index contributed by atoms with van der Waals surface area (Å²) >= 11 is 0. The third kappa shape index (κ3) is 2.89. The molecule has 1 aliphatic rings. The summed E-state index contributed by atoms with van der Waals surface area (Å²) in [6.45, 7) is 0. The van der Waals surface area contributed by atoms with Crippen LogP contribution in [0.1, 0.15) is 0 Å². The fourth-order valence-corrected chi connectivity index (χ4v) is 2.53. The predicted molar refractivity (Wildman–Crippen MR) is 69.3 cm³/mol. The van der Waals surface area contributed by atoms with Crippen molar-refractivity contribution in [3.05, 3.63) is 41.7 Å². The summed E-state index contributed by atoms with van der Waals surface area (Å²) in [7, 11) is 0. The molecule has 0 spiro atoms. The molecule has 0 amide bonds. The van der Waals surface area contributed by atoms with E-state index in [-0.39, 0.29) is 0 Å². The van der Waals surface area contributed by atoms with E-state index in [1.54, 1.807) is 0 Å². The predicted octanol–water partition coefficient (Wildman–Crippen LogP) is 5.07. The quantitative estimate of drug-likeness (QED) is 0.642. The fraction of sp³-hybridized carbons (Fsp3) is 0.400. The highest BCUT2D eigenvalue weighted by molar-refractivity contribution is 5.45. The topological polar surface area (TPSA) is 33.0 Å². The summed E-state index contributed by atoms with van der Waals surface area (Å²) < 4.78 is 141. The second kappa shape index (κ2) is 6.31. The Kier molecular flexibility index (Phi) is 4.88. The number of halogens is 10. The van der Waals surface area contributed by atoms with Crippen LogP contribution in [-0.2, 0) is 0 Å². The monoisotopic (exact) mass is 407 g/mol. The molecule has 1 aromatic rings. The third-order valence-corrected chi connectivity index (χ3v) is 3.89. The number of hydrogen-bond donors (Lipinski definition) is 0. The minimum absolute atomic E-state index is 0.337. The van der Waals surface area contributed by atoms with Crippen LogP contribution in [0.15, 0.2) is 41.7 Å². The lowest BCUT2D eigenvalue weighted by atomic mass is 9.72. The first kappa shape index (κ1) is 20.9. The van der Waals surface area contributed by atoms with Crippen LogP contribution < -0.4 is 4.74 Å². The molecule has 4 unspecified atom stereocenters. The summed E-state index contributed by atoms with van der Waals surface area (Å²) in [4.78, 5) is 0. The van der Waals surface area contributed by atoms with Gasteiger partial charge in [-0.1, -0.05) is 18.2 Å². The van der Waals surface area contributed by atoms with Crippen molar-refractivity contribution in [1.29, 1.82) is 5.26 Å². The molecule has 1 aliphatic carbocycles. The van der Waals surface area contributed by atoms with Crippen LogP contribution in [0.4, 0.5) is 43.9 Å². The molecule has 0 heterocycles. The van der Waals surface area contributed by atoms with Crippen molar-refractivity contribution in [2.75, 3.05) is 0 Å². The molecule has 4 atom stereocenters. The number of rotatable bonds is 2.